The van der Waals surface area contributed by atoms with E-state index in [0.29, 0.717) is 22.8 Å². The average molecular weight is 407 g/mol. The van der Waals surface area contributed by atoms with E-state index < -0.39 is 6.03 Å². The number of halogens is 1. The third-order valence-corrected chi connectivity index (χ3v) is 4.69. The summed E-state index contributed by atoms with van der Waals surface area (Å²) < 4.78 is 20.7. The molecule has 2 amide bonds. The molecular weight excluding hydrogens is 385 g/mol. The lowest BCUT2D eigenvalue weighted by atomic mass is 9.93. The number of nitrogens with zero attached hydrogens (tertiary/aromatic N) is 3. The fourth-order valence-corrected chi connectivity index (χ4v) is 3.17. The molecule has 0 aliphatic carbocycles. The Labute approximate surface area is 172 Å². The molecule has 4 rings (SSSR count). The molecule has 0 bridgehead atoms. The molecule has 2 aromatic carbocycles. The van der Waals surface area contributed by atoms with Gasteiger partial charge in [-0.15, -0.1) is 0 Å². The standard InChI is InChI=1S/C22H22FN5O2/c1-13-9-14(23)10-17-20(13)28(12-24-17)16-7-5-15(6-8-16)25-21(29)26-19-11-18(30-27-19)22(2,3)4/h5-12H,1-4H3,(H2,25,26,27,29). The fourth-order valence-electron chi connectivity index (χ4n) is 3.17. The molecule has 0 atom stereocenters. The Morgan fingerprint density at radius 2 is 1.83 bits per heavy atom. The predicted octanol–water partition coefficient (Wildman–Crippen LogP) is 5.40. The predicted molar refractivity (Wildman–Crippen MR) is 114 cm³/mol. The summed E-state index contributed by atoms with van der Waals surface area (Å²) >= 11 is 0. The van der Waals surface area contributed by atoms with E-state index in [9.17, 15) is 9.18 Å². The van der Waals surface area contributed by atoms with Crippen LogP contribution >= 0.6 is 0 Å². The van der Waals surface area contributed by atoms with Crippen LogP contribution in [0.3, 0.4) is 0 Å². The molecule has 0 unspecified atom stereocenters. The van der Waals surface area contributed by atoms with Gasteiger partial charge < -0.3 is 9.84 Å². The van der Waals surface area contributed by atoms with Crippen molar-refractivity contribution in [3.05, 3.63) is 65.9 Å². The van der Waals surface area contributed by atoms with Gasteiger partial charge in [0.2, 0.25) is 0 Å². The molecular formula is C22H22FN5O2. The number of carbonyl (C=O) groups is 1. The maximum Gasteiger partial charge on any atom is 0.324 e. The number of aromatic nitrogens is 3. The van der Waals surface area contributed by atoms with Crippen LogP contribution in [0.4, 0.5) is 20.7 Å². The Hall–Kier alpha value is -3.68. The summed E-state index contributed by atoms with van der Waals surface area (Å²) in [6, 6.07) is 11.4. The van der Waals surface area contributed by atoms with Crippen LogP contribution in [0.5, 0.6) is 0 Å². The summed E-state index contributed by atoms with van der Waals surface area (Å²) in [5, 5.41) is 9.29. The van der Waals surface area contributed by atoms with Gasteiger partial charge in [0, 0.05) is 28.9 Å². The van der Waals surface area contributed by atoms with E-state index in [0.717, 1.165) is 16.8 Å². The van der Waals surface area contributed by atoms with E-state index in [1.54, 1.807) is 24.5 Å². The Balaban J connectivity index is 1.48. The highest BCUT2D eigenvalue weighted by molar-refractivity contribution is 5.99. The number of hydrogen-bond acceptors (Lipinski definition) is 4. The van der Waals surface area contributed by atoms with Gasteiger partial charge in [-0.05, 0) is 42.8 Å². The first-order valence-electron chi connectivity index (χ1n) is 9.49. The lowest BCUT2D eigenvalue weighted by molar-refractivity contribution is 0.262. The van der Waals surface area contributed by atoms with E-state index in [-0.39, 0.29) is 11.2 Å². The van der Waals surface area contributed by atoms with Crippen molar-refractivity contribution in [2.75, 3.05) is 10.6 Å². The molecule has 0 aliphatic heterocycles. The van der Waals surface area contributed by atoms with Crippen LogP contribution in [0.1, 0.15) is 32.1 Å². The molecule has 4 aromatic rings. The second-order valence-electron chi connectivity index (χ2n) is 8.16. The van der Waals surface area contributed by atoms with Gasteiger partial charge in [0.05, 0.1) is 11.0 Å². The fraction of sp³-hybridized carbons (Fsp3) is 0.227. The zero-order chi connectivity index (χ0) is 21.5. The minimum Gasteiger partial charge on any atom is -0.359 e. The molecule has 0 saturated carbocycles. The zero-order valence-corrected chi connectivity index (χ0v) is 17.2. The number of urea groups is 1. The molecule has 0 aliphatic rings. The van der Waals surface area contributed by atoms with Gasteiger partial charge in [-0.2, -0.15) is 0 Å². The Morgan fingerprint density at radius 3 is 2.50 bits per heavy atom. The molecule has 30 heavy (non-hydrogen) atoms. The van der Waals surface area contributed by atoms with E-state index in [1.165, 1.54) is 12.1 Å². The maximum atomic E-state index is 13.6. The number of carbonyl (C=O) groups excluding carboxylic acids is 1. The van der Waals surface area contributed by atoms with Crippen molar-refractivity contribution in [2.45, 2.75) is 33.1 Å². The lowest BCUT2D eigenvalue weighted by Crippen LogP contribution is -2.19. The quantitative estimate of drug-likeness (QED) is 0.476. The van der Waals surface area contributed by atoms with Crippen molar-refractivity contribution in [1.82, 2.24) is 14.7 Å². The smallest absolute Gasteiger partial charge is 0.324 e. The number of benzene rings is 2. The van der Waals surface area contributed by atoms with Crippen molar-refractivity contribution in [2.24, 2.45) is 0 Å². The molecule has 0 fully saturated rings. The van der Waals surface area contributed by atoms with Gasteiger partial charge in [0.1, 0.15) is 17.9 Å². The number of rotatable bonds is 3. The average Bonchev–Trinajstić information content (AvgIpc) is 3.29. The van der Waals surface area contributed by atoms with Crippen molar-refractivity contribution in [3.8, 4) is 5.69 Å². The largest absolute Gasteiger partial charge is 0.359 e. The molecule has 0 radical (unpaired) electrons. The first-order valence-corrected chi connectivity index (χ1v) is 9.49. The summed E-state index contributed by atoms with van der Waals surface area (Å²) in [6.45, 7) is 7.85. The van der Waals surface area contributed by atoms with Gasteiger partial charge in [-0.3, -0.25) is 9.88 Å². The summed E-state index contributed by atoms with van der Waals surface area (Å²) in [5.74, 6) is 0.726. The first-order chi connectivity index (χ1) is 14.2. The summed E-state index contributed by atoms with van der Waals surface area (Å²) in [4.78, 5) is 16.5. The van der Waals surface area contributed by atoms with Crippen LogP contribution in [0.15, 0.2) is 53.3 Å². The van der Waals surface area contributed by atoms with Crippen LogP contribution in [0.25, 0.3) is 16.7 Å². The SMILES string of the molecule is Cc1cc(F)cc2ncn(-c3ccc(NC(=O)Nc4cc(C(C)(C)C)on4)cc3)c12. The van der Waals surface area contributed by atoms with Crippen molar-refractivity contribution in [3.63, 3.8) is 0 Å². The van der Waals surface area contributed by atoms with Crippen LogP contribution in [0.2, 0.25) is 0 Å². The van der Waals surface area contributed by atoms with Crippen LogP contribution in [-0.2, 0) is 5.41 Å². The highest BCUT2D eigenvalue weighted by Crippen LogP contribution is 2.25. The molecule has 0 spiro atoms. The second-order valence-corrected chi connectivity index (χ2v) is 8.16. The highest BCUT2D eigenvalue weighted by atomic mass is 19.1. The number of imidazole rings is 1. The summed E-state index contributed by atoms with van der Waals surface area (Å²) in [7, 11) is 0. The maximum absolute atomic E-state index is 13.6. The zero-order valence-electron chi connectivity index (χ0n) is 17.2. The number of anilines is 2. The van der Waals surface area contributed by atoms with Crippen molar-refractivity contribution >= 4 is 28.6 Å². The number of amides is 2. The number of nitrogens with one attached hydrogen (secondary N) is 2. The van der Waals surface area contributed by atoms with Gasteiger partial charge in [0.25, 0.3) is 0 Å². The van der Waals surface area contributed by atoms with E-state index in [2.05, 4.69) is 20.8 Å². The molecule has 2 heterocycles. The molecule has 2 N–H and O–H groups in total. The second kappa shape index (κ2) is 7.29. The Bertz CT molecular complexity index is 1220. The molecule has 154 valence electrons. The third kappa shape index (κ3) is 3.89. The topological polar surface area (TPSA) is 85.0 Å². The van der Waals surface area contributed by atoms with Gasteiger partial charge in [0.15, 0.2) is 5.82 Å². The van der Waals surface area contributed by atoms with Gasteiger partial charge in [-0.25, -0.2) is 14.2 Å². The van der Waals surface area contributed by atoms with E-state index in [1.807, 2.05) is 44.4 Å². The number of aryl methyl sites for hydroxylation is 1. The van der Waals surface area contributed by atoms with E-state index in [4.69, 9.17) is 4.52 Å². The van der Waals surface area contributed by atoms with Crippen molar-refractivity contribution < 1.29 is 13.7 Å². The minimum atomic E-state index is -0.420. The van der Waals surface area contributed by atoms with Gasteiger partial charge in [-0.1, -0.05) is 25.9 Å². The van der Waals surface area contributed by atoms with E-state index >= 15 is 0 Å². The summed E-state index contributed by atoms with van der Waals surface area (Å²) in [6.07, 6.45) is 1.66. The number of fused-ring (bicyclic) bond motifs is 1. The molecule has 8 heteroatoms. The molecule has 2 aromatic heterocycles. The summed E-state index contributed by atoms with van der Waals surface area (Å²) in [5.41, 5.74) is 3.51. The number of hydrogen-bond donors (Lipinski definition) is 2. The highest BCUT2D eigenvalue weighted by Gasteiger charge is 2.20. The van der Waals surface area contributed by atoms with Crippen molar-refractivity contribution in [1.29, 1.82) is 0 Å². The minimum absolute atomic E-state index is 0.194. The molecule has 0 saturated heterocycles. The molecule has 7 nitrogen and oxygen atoms in total. The first kappa shape index (κ1) is 19.6. The van der Waals surface area contributed by atoms with Gasteiger partial charge >= 0.3 is 6.03 Å². The Morgan fingerprint density at radius 1 is 1.10 bits per heavy atom. The van der Waals surface area contributed by atoms with Crippen LogP contribution in [0, 0.1) is 12.7 Å². The lowest BCUT2D eigenvalue weighted by Gasteiger charge is -2.12. The monoisotopic (exact) mass is 407 g/mol. The van der Waals surface area contributed by atoms with Crippen LogP contribution < -0.4 is 10.6 Å². The third-order valence-electron chi connectivity index (χ3n) is 4.69. The normalized spacial score (nSPS) is 11.6. The Kier molecular flexibility index (Phi) is 4.77. The van der Waals surface area contributed by atoms with Crippen LogP contribution in [-0.4, -0.2) is 20.7 Å².